The number of aliphatic imine (C=N–C) groups is 1. The van der Waals surface area contributed by atoms with Gasteiger partial charge in [0.2, 0.25) is 11.0 Å². The van der Waals surface area contributed by atoms with Crippen LogP contribution in [0.25, 0.3) is 0 Å². The topological polar surface area (TPSA) is 50.5 Å². The number of rotatable bonds is 4. The number of carbonyl (C=O) groups is 1. The highest BCUT2D eigenvalue weighted by molar-refractivity contribution is 8.17. The Labute approximate surface area is 139 Å². The Morgan fingerprint density at radius 2 is 2.09 bits per heavy atom. The lowest BCUT2D eigenvalue weighted by Gasteiger charge is -2.29. The molecule has 0 saturated heterocycles. The van der Waals surface area contributed by atoms with Gasteiger partial charge in [-0.25, -0.2) is 9.98 Å². The van der Waals surface area contributed by atoms with Crippen LogP contribution < -0.4 is 0 Å². The average molecular weight is 334 g/mol. The van der Waals surface area contributed by atoms with Crippen molar-refractivity contribution in [1.29, 1.82) is 0 Å². The Hall–Kier alpha value is -1.47. The third-order valence-corrected chi connectivity index (χ3v) is 5.48. The molecule has 7 heteroatoms. The van der Waals surface area contributed by atoms with Gasteiger partial charge < -0.3 is 4.57 Å². The van der Waals surface area contributed by atoms with Crippen molar-refractivity contribution in [3.8, 4) is 0 Å². The van der Waals surface area contributed by atoms with Crippen LogP contribution in [0.4, 0.5) is 0 Å². The van der Waals surface area contributed by atoms with E-state index in [1.54, 1.807) is 16.7 Å². The fourth-order valence-corrected chi connectivity index (χ4v) is 4.14. The second-order valence-corrected chi connectivity index (χ2v) is 7.20. The number of fused-ring (bicyclic) bond motifs is 1. The number of nitrogens with zero attached hydrogens (tertiary/aromatic N) is 4. The predicted molar refractivity (Wildman–Crippen MR) is 92.8 cm³/mol. The standard InChI is InChI=1S/C15H18N4OS2/c1-9-7-18(8-16-9)5-4-6-19-14(20)12-10(2)11(3)22-13(12)17-15(19)21/h7-8,12H,4-6H2,1-3H3. The molecule has 1 unspecified atom stereocenters. The molecule has 1 aromatic rings. The van der Waals surface area contributed by atoms with Crippen molar-refractivity contribution in [3.63, 3.8) is 0 Å². The van der Waals surface area contributed by atoms with Crippen LogP contribution in [-0.4, -0.2) is 37.1 Å². The molecule has 116 valence electrons. The smallest absolute Gasteiger partial charge is 0.242 e. The molecule has 0 saturated carbocycles. The highest BCUT2D eigenvalue weighted by atomic mass is 32.2. The summed E-state index contributed by atoms with van der Waals surface area (Å²) in [7, 11) is 0. The number of allylic oxidation sites excluding steroid dienone is 1. The second-order valence-electron chi connectivity index (χ2n) is 5.60. The second kappa shape index (κ2) is 5.96. The molecule has 2 aliphatic heterocycles. The molecule has 3 heterocycles. The van der Waals surface area contributed by atoms with Crippen molar-refractivity contribution in [2.45, 2.75) is 33.7 Å². The Morgan fingerprint density at radius 3 is 2.77 bits per heavy atom. The number of thioether (sulfide) groups is 1. The van der Waals surface area contributed by atoms with Crippen molar-refractivity contribution in [1.82, 2.24) is 14.5 Å². The molecule has 1 atom stereocenters. The number of amides is 1. The molecule has 0 aromatic carbocycles. The van der Waals surface area contributed by atoms with E-state index in [-0.39, 0.29) is 11.8 Å². The Balaban J connectivity index is 1.67. The Kier molecular flexibility index (Phi) is 4.18. The highest BCUT2D eigenvalue weighted by Gasteiger charge is 2.41. The number of aromatic nitrogens is 2. The van der Waals surface area contributed by atoms with Gasteiger partial charge in [0, 0.05) is 19.3 Å². The molecular formula is C15H18N4OS2. The summed E-state index contributed by atoms with van der Waals surface area (Å²) in [5.74, 6) is -0.147. The van der Waals surface area contributed by atoms with Crippen LogP contribution in [0.15, 0.2) is 28.0 Å². The summed E-state index contributed by atoms with van der Waals surface area (Å²) in [6.45, 7) is 7.42. The normalized spacial score (nSPS) is 21.5. The van der Waals surface area contributed by atoms with Crippen molar-refractivity contribution in [3.05, 3.63) is 28.7 Å². The van der Waals surface area contributed by atoms with Gasteiger partial charge in [-0.3, -0.25) is 9.69 Å². The molecule has 0 aliphatic carbocycles. The Morgan fingerprint density at radius 1 is 1.32 bits per heavy atom. The van der Waals surface area contributed by atoms with E-state index in [4.69, 9.17) is 12.2 Å². The van der Waals surface area contributed by atoms with E-state index in [0.29, 0.717) is 11.7 Å². The zero-order valence-electron chi connectivity index (χ0n) is 12.9. The first-order valence-electron chi connectivity index (χ1n) is 7.25. The van der Waals surface area contributed by atoms with Crippen molar-refractivity contribution < 1.29 is 4.79 Å². The molecule has 0 fully saturated rings. The number of thiocarbonyl (C=S) groups is 1. The number of hydrogen-bond acceptors (Lipinski definition) is 4. The maximum atomic E-state index is 12.7. The number of carbonyl (C=O) groups excluding carboxylic acids is 1. The molecule has 22 heavy (non-hydrogen) atoms. The molecule has 3 rings (SSSR count). The van der Waals surface area contributed by atoms with E-state index in [9.17, 15) is 4.79 Å². The average Bonchev–Trinajstić information content (AvgIpc) is 2.98. The lowest BCUT2D eigenvalue weighted by molar-refractivity contribution is -0.128. The maximum Gasteiger partial charge on any atom is 0.242 e. The summed E-state index contributed by atoms with van der Waals surface area (Å²) in [5, 5.41) is 1.24. The van der Waals surface area contributed by atoms with Gasteiger partial charge in [-0.15, -0.1) is 0 Å². The van der Waals surface area contributed by atoms with Crippen LogP contribution in [0.1, 0.15) is 26.0 Å². The van der Waals surface area contributed by atoms with Crippen molar-refractivity contribution in [2.24, 2.45) is 10.9 Å². The first kappa shape index (κ1) is 15.4. The van der Waals surface area contributed by atoms with Gasteiger partial charge in [0.15, 0.2) is 0 Å². The van der Waals surface area contributed by atoms with Crippen molar-refractivity contribution in [2.75, 3.05) is 6.54 Å². The number of hydrogen-bond donors (Lipinski definition) is 0. The SMILES string of the molecule is CC1=C(C)C2C(=O)N(CCCn3cnc(C)c3)C(=S)N=C2S1. The molecule has 2 aliphatic rings. The molecule has 1 amide bonds. The summed E-state index contributed by atoms with van der Waals surface area (Å²) in [5.41, 5.74) is 2.10. The molecule has 1 aromatic heterocycles. The van der Waals surface area contributed by atoms with Gasteiger partial charge >= 0.3 is 0 Å². The third kappa shape index (κ3) is 2.75. The lowest BCUT2D eigenvalue weighted by Crippen LogP contribution is -2.45. The van der Waals surface area contributed by atoms with Crippen LogP contribution in [0.5, 0.6) is 0 Å². The molecule has 0 bridgehead atoms. The van der Waals surface area contributed by atoms with E-state index in [2.05, 4.69) is 9.98 Å². The minimum atomic E-state index is -0.216. The third-order valence-electron chi connectivity index (χ3n) is 4.00. The van der Waals surface area contributed by atoms with Crippen LogP contribution in [0.2, 0.25) is 0 Å². The zero-order valence-corrected chi connectivity index (χ0v) is 14.5. The van der Waals surface area contributed by atoms with Gasteiger partial charge in [-0.1, -0.05) is 11.8 Å². The van der Waals surface area contributed by atoms with Gasteiger partial charge in [-0.2, -0.15) is 0 Å². The van der Waals surface area contributed by atoms with Crippen LogP contribution in [0, 0.1) is 12.8 Å². The molecule has 5 nitrogen and oxygen atoms in total. The number of aryl methyl sites for hydroxylation is 2. The van der Waals surface area contributed by atoms with E-state index in [1.807, 2.05) is 37.9 Å². The van der Waals surface area contributed by atoms with Crippen LogP contribution in [0.3, 0.4) is 0 Å². The largest absolute Gasteiger partial charge is 0.337 e. The molecule has 0 spiro atoms. The molecule has 0 radical (unpaired) electrons. The quantitative estimate of drug-likeness (QED) is 0.795. The maximum absolute atomic E-state index is 12.7. The fraction of sp³-hybridized carbons (Fsp3) is 0.467. The first-order valence-corrected chi connectivity index (χ1v) is 8.47. The van der Waals surface area contributed by atoms with Gasteiger partial charge in [0.05, 0.1) is 17.1 Å². The summed E-state index contributed by atoms with van der Waals surface area (Å²) in [6, 6.07) is 0. The highest BCUT2D eigenvalue weighted by Crippen LogP contribution is 2.40. The number of imidazole rings is 1. The van der Waals surface area contributed by atoms with Gasteiger partial charge in [0.1, 0.15) is 5.92 Å². The first-order chi connectivity index (χ1) is 10.5. The van der Waals surface area contributed by atoms with E-state index < -0.39 is 0 Å². The van der Waals surface area contributed by atoms with Gasteiger partial charge in [0.25, 0.3) is 0 Å². The van der Waals surface area contributed by atoms with E-state index in [1.165, 1.54) is 0 Å². The van der Waals surface area contributed by atoms with E-state index in [0.717, 1.165) is 34.2 Å². The van der Waals surface area contributed by atoms with Crippen molar-refractivity contribution >= 4 is 40.0 Å². The molecule has 0 N–H and O–H groups in total. The Bertz CT molecular complexity index is 704. The summed E-state index contributed by atoms with van der Waals surface area (Å²) >= 11 is 6.88. The summed E-state index contributed by atoms with van der Waals surface area (Å²) in [6.07, 6.45) is 4.64. The van der Waals surface area contributed by atoms with Gasteiger partial charge in [-0.05, 0) is 49.9 Å². The van der Waals surface area contributed by atoms with Crippen LogP contribution in [-0.2, 0) is 11.3 Å². The molecular weight excluding hydrogens is 316 g/mol. The summed E-state index contributed by atoms with van der Waals surface area (Å²) in [4.78, 5) is 24.2. The predicted octanol–water partition coefficient (Wildman–Crippen LogP) is 2.76. The zero-order chi connectivity index (χ0) is 15.9. The van der Waals surface area contributed by atoms with Crippen LogP contribution >= 0.6 is 24.0 Å². The minimum absolute atomic E-state index is 0.0682. The minimum Gasteiger partial charge on any atom is -0.337 e. The monoisotopic (exact) mass is 334 g/mol. The summed E-state index contributed by atoms with van der Waals surface area (Å²) < 4.78 is 2.03. The lowest BCUT2D eigenvalue weighted by atomic mass is 9.99. The fourth-order valence-electron chi connectivity index (χ4n) is 2.68. The van der Waals surface area contributed by atoms with E-state index >= 15 is 0 Å².